The second kappa shape index (κ2) is 7.78. The van der Waals surface area contributed by atoms with Gasteiger partial charge in [-0.05, 0) is 55.5 Å². The van der Waals surface area contributed by atoms with Crippen molar-refractivity contribution < 1.29 is 17.9 Å². The molecular formula is C19H24N2O4S. The summed E-state index contributed by atoms with van der Waals surface area (Å²) < 4.78 is 32.8. The quantitative estimate of drug-likeness (QED) is 0.801. The van der Waals surface area contributed by atoms with Crippen LogP contribution in [0.1, 0.15) is 27.7 Å². The van der Waals surface area contributed by atoms with E-state index in [0.29, 0.717) is 23.7 Å². The van der Waals surface area contributed by atoms with Gasteiger partial charge in [0.25, 0.3) is 10.0 Å². The number of carbonyl (C=O) groups excluding carboxylic acids is 1. The Balaban J connectivity index is 2.10. The number of ether oxygens (including phenoxy) is 1. The summed E-state index contributed by atoms with van der Waals surface area (Å²) >= 11 is 0. The van der Waals surface area contributed by atoms with Crippen LogP contribution < -0.4 is 14.8 Å². The predicted molar refractivity (Wildman–Crippen MR) is 103 cm³/mol. The first-order valence-corrected chi connectivity index (χ1v) is 9.77. The van der Waals surface area contributed by atoms with Crippen molar-refractivity contribution >= 4 is 27.3 Å². The molecule has 0 saturated carbocycles. The molecule has 2 aromatic carbocycles. The summed E-state index contributed by atoms with van der Waals surface area (Å²) in [5.41, 5.74) is 0.462. The molecule has 1 amide bonds. The van der Waals surface area contributed by atoms with Crippen LogP contribution in [0.25, 0.3) is 0 Å². The van der Waals surface area contributed by atoms with Gasteiger partial charge in [0, 0.05) is 16.8 Å². The molecule has 2 rings (SSSR count). The number of carbonyl (C=O) groups is 1. The van der Waals surface area contributed by atoms with E-state index in [-0.39, 0.29) is 10.8 Å². The topological polar surface area (TPSA) is 84.5 Å². The van der Waals surface area contributed by atoms with Gasteiger partial charge >= 0.3 is 0 Å². The largest absolute Gasteiger partial charge is 0.494 e. The average molecular weight is 376 g/mol. The zero-order valence-electron chi connectivity index (χ0n) is 15.4. The zero-order chi connectivity index (χ0) is 19.4. The number of benzene rings is 2. The Labute approximate surface area is 154 Å². The van der Waals surface area contributed by atoms with E-state index in [4.69, 9.17) is 4.74 Å². The lowest BCUT2D eigenvalue weighted by Gasteiger charge is -2.17. The van der Waals surface area contributed by atoms with E-state index in [1.165, 1.54) is 12.1 Å². The Morgan fingerprint density at radius 2 is 1.50 bits per heavy atom. The molecule has 6 nitrogen and oxygen atoms in total. The van der Waals surface area contributed by atoms with Gasteiger partial charge in [-0.3, -0.25) is 9.52 Å². The van der Waals surface area contributed by atoms with Crippen LogP contribution in [-0.2, 0) is 14.8 Å². The highest BCUT2D eigenvalue weighted by Crippen LogP contribution is 2.22. The number of amides is 1. The number of hydrogen-bond acceptors (Lipinski definition) is 4. The molecule has 0 bridgehead atoms. The van der Waals surface area contributed by atoms with Crippen LogP contribution in [0.15, 0.2) is 53.4 Å². The summed E-state index contributed by atoms with van der Waals surface area (Å²) in [5, 5.41) is 2.76. The van der Waals surface area contributed by atoms with Crippen molar-refractivity contribution in [2.24, 2.45) is 5.41 Å². The molecule has 0 unspecified atom stereocenters. The molecule has 0 radical (unpaired) electrons. The minimum absolute atomic E-state index is 0.111. The summed E-state index contributed by atoms with van der Waals surface area (Å²) in [6.45, 7) is 7.85. The first kappa shape index (κ1) is 19.8. The molecule has 7 heteroatoms. The molecule has 0 aliphatic rings. The van der Waals surface area contributed by atoms with E-state index >= 15 is 0 Å². The van der Waals surface area contributed by atoms with Crippen LogP contribution in [0.5, 0.6) is 5.75 Å². The second-order valence-corrected chi connectivity index (χ2v) is 8.47. The number of hydrogen-bond donors (Lipinski definition) is 2. The maximum Gasteiger partial charge on any atom is 0.261 e. The normalized spacial score (nSPS) is 11.7. The summed E-state index contributed by atoms with van der Waals surface area (Å²) in [7, 11) is -3.72. The highest BCUT2D eigenvalue weighted by Gasteiger charge is 2.21. The molecule has 0 aromatic heterocycles. The summed E-state index contributed by atoms with van der Waals surface area (Å²) in [6.07, 6.45) is 0. The van der Waals surface area contributed by atoms with Gasteiger partial charge in [-0.25, -0.2) is 8.42 Å². The Morgan fingerprint density at radius 1 is 0.962 bits per heavy atom. The summed E-state index contributed by atoms with van der Waals surface area (Å²) in [6, 6.07) is 12.7. The van der Waals surface area contributed by atoms with Crippen LogP contribution in [0.2, 0.25) is 0 Å². The van der Waals surface area contributed by atoms with Gasteiger partial charge in [0.1, 0.15) is 5.75 Å². The van der Waals surface area contributed by atoms with Crippen LogP contribution in [-0.4, -0.2) is 20.9 Å². The molecule has 0 aliphatic carbocycles. The number of sulfonamides is 1. The highest BCUT2D eigenvalue weighted by molar-refractivity contribution is 7.92. The average Bonchev–Trinajstić information content (AvgIpc) is 2.56. The third kappa shape index (κ3) is 5.23. The van der Waals surface area contributed by atoms with Crippen molar-refractivity contribution in [1.29, 1.82) is 0 Å². The van der Waals surface area contributed by atoms with Gasteiger partial charge < -0.3 is 10.1 Å². The lowest BCUT2D eigenvalue weighted by Crippen LogP contribution is -2.27. The molecule has 140 valence electrons. The molecule has 0 atom stereocenters. The fraction of sp³-hybridized carbons (Fsp3) is 0.316. The van der Waals surface area contributed by atoms with Crippen molar-refractivity contribution in [2.75, 3.05) is 16.6 Å². The van der Waals surface area contributed by atoms with Gasteiger partial charge in [-0.2, -0.15) is 0 Å². The van der Waals surface area contributed by atoms with Gasteiger partial charge in [0.15, 0.2) is 0 Å². The standard InChI is InChI=1S/C19H24N2O4S/c1-5-25-16-10-6-15(7-11-16)21-26(23,24)17-12-8-14(9-13-17)20-18(22)19(2,3)4/h6-13,21H,5H2,1-4H3,(H,20,22). The third-order valence-corrected chi connectivity index (χ3v) is 4.92. The smallest absolute Gasteiger partial charge is 0.261 e. The van der Waals surface area contributed by atoms with E-state index in [1.54, 1.807) is 36.4 Å². The van der Waals surface area contributed by atoms with E-state index in [9.17, 15) is 13.2 Å². The maximum absolute atomic E-state index is 12.5. The number of anilines is 2. The molecule has 26 heavy (non-hydrogen) atoms. The van der Waals surface area contributed by atoms with E-state index in [0.717, 1.165) is 0 Å². The Kier molecular flexibility index (Phi) is 5.92. The second-order valence-electron chi connectivity index (χ2n) is 6.79. The van der Waals surface area contributed by atoms with Crippen LogP contribution >= 0.6 is 0 Å². The SMILES string of the molecule is CCOc1ccc(NS(=O)(=O)c2ccc(NC(=O)C(C)(C)C)cc2)cc1. The van der Waals surface area contributed by atoms with Gasteiger partial charge in [0.2, 0.25) is 5.91 Å². The minimum Gasteiger partial charge on any atom is -0.494 e. The maximum atomic E-state index is 12.5. The molecule has 0 heterocycles. The minimum atomic E-state index is -3.72. The van der Waals surface area contributed by atoms with Crippen LogP contribution in [0.4, 0.5) is 11.4 Å². The Morgan fingerprint density at radius 3 is 2.00 bits per heavy atom. The summed E-state index contributed by atoms with van der Waals surface area (Å²) in [4.78, 5) is 12.1. The van der Waals surface area contributed by atoms with E-state index in [1.807, 2.05) is 27.7 Å². The molecule has 0 saturated heterocycles. The Hall–Kier alpha value is -2.54. The molecule has 2 aromatic rings. The lowest BCUT2D eigenvalue weighted by molar-refractivity contribution is -0.123. The van der Waals surface area contributed by atoms with E-state index < -0.39 is 15.4 Å². The zero-order valence-corrected chi connectivity index (χ0v) is 16.2. The summed E-state index contributed by atoms with van der Waals surface area (Å²) in [5.74, 6) is 0.537. The first-order chi connectivity index (χ1) is 12.1. The fourth-order valence-corrected chi connectivity index (χ4v) is 3.09. The van der Waals surface area contributed by atoms with Gasteiger partial charge in [-0.1, -0.05) is 20.8 Å². The molecule has 0 spiro atoms. The van der Waals surface area contributed by atoms with Gasteiger partial charge in [-0.15, -0.1) is 0 Å². The van der Waals surface area contributed by atoms with E-state index in [2.05, 4.69) is 10.0 Å². The highest BCUT2D eigenvalue weighted by atomic mass is 32.2. The molecular weight excluding hydrogens is 352 g/mol. The molecule has 0 fully saturated rings. The van der Waals surface area contributed by atoms with Crippen molar-refractivity contribution in [1.82, 2.24) is 0 Å². The third-order valence-electron chi connectivity index (χ3n) is 3.52. The Bertz CT molecular complexity index is 852. The molecule has 2 N–H and O–H groups in total. The monoisotopic (exact) mass is 376 g/mol. The number of nitrogens with one attached hydrogen (secondary N) is 2. The lowest BCUT2D eigenvalue weighted by atomic mass is 9.95. The first-order valence-electron chi connectivity index (χ1n) is 8.29. The van der Waals surface area contributed by atoms with Crippen LogP contribution in [0, 0.1) is 5.41 Å². The van der Waals surface area contributed by atoms with Crippen molar-refractivity contribution in [3.63, 3.8) is 0 Å². The van der Waals surface area contributed by atoms with Crippen molar-refractivity contribution in [2.45, 2.75) is 32.6 Å². The van der Waals surface area contributed by atoms with Crippen molar-refractivity contribution in [3.05, 3.63) is 48.5 Å². The molecule has 0 aliphatic heterocycles. The van der Waals surface area contributed by atoms with Crippen LogP contribution in [0.3, 0.4) is 0 Å². The fourth-order valence-electron chi connectivity index (χ4n) is 2.04. The van der Waals surface area contributed by atoms with Crippen molar-refractivity contribution in [3.8, 4) is 5.75 Å². The predicted octanol–water partition coefficient (Wildman–Crippen LogP) is 3.87. The van der Waals surface area contributed by atoms with Gasteiger partial charge in [0.05, 0.1) is 11.5 Å². The number of rotatable bonds is 6.